The first-order chi connectivity index (χ1) is 15.2. The Bertz CT molecular complexity index is 1380. The first-order valence-corrected chi connectivity index (χ1v) is 10.8. The van der Waals surface area contributed by atoms with Gasteiger partial charge in [-0.15, -0.1) is 0 Å². The average Bonchev–Trinajstić information content (AvgIpc) is 3.44. The van der Waals surface area contributed by atoms with Gasteiger partial charge in [0.2, 0.25) is 0 Å². The molecule has 0 spiro atoms. The van der Waals surface area contributed by atoms with Crippen molar-refractivity contribution in [3.05, 3.63) is 70.3 Å². The van der Waals surface area contributed by atoms with E-state index in [2.05, 4.69) is 52.3 Å². The summed E-state index contributed by atoms with van der Waals surface area (Å²) in [6.45, 7) is 1.99. The highest BCUT2D eigenvalue weighted by atomic mass is 16.5. The maximum Gasteiger partial charge on any atom is 0.252 e. The minimum absolute atomic E-state index is 0.0224. The average molecular weight is 412 g/mol. The van der Waals surface area contributed by atoms with E-state index >= 15 is 0 Å². The SMILES string of the molecule is COCc1ccc2c(c1)c1c3c(c4c(c1n2CCCO)Cc1ccccc1-4)C(=O)NC3. The van der Waals surface area contributed by atoms with E-state index in [-0.39, 0.29) is 12.5 Å². The highest BCUT2D eigenvalue weighted by Crippen LogP contribution is 2.48. The normalized spacial score (nSPS) is 14.2. The van der Waals surface area contributed by atoms with Crippen molar-refractivity contribution < 1.29 is 14.6 Å². The van der Waals surface area contributed by atoms with Gasteiger partial charge in [-0.1, -0.05) is 30.3 Å². The molecular formula is C26H24N2O3. The summed E-state index contributed by atoms with van der Waals surface area (Å²) in [5.41, 5.74) is 10.2. The highest BCUT2D eigenvalue weighted by molar-refractivity contribution is 6.20. The first-order valence-electron chi connectivity index (χ1n) is 10.8. The second-order valence-electron chi connectivity index (χ2n) is 8.46. The predicted octanol–water partition coefficient (Wildman–Crippen LogP) is 4.14. The number of hydrogen-bond donors (Lipinski definition) is 2. The largest absolute Gasteiger partial charge is 0.396 e. The van der Waals surface area contributed by atoms with Crippen LogP contribution in [0, 0.1) is 0 Å². The second kappa shape index (κ2) is 6.94. The molecule has 6 rings (SSSR count). The van der Waals surface area contributed by atoms with Gasteiger partial charge in [0.1, 0.15) is 0 Å². The van der Waals surface area contributed by atoms with E-state index in [1.165, 1.54) is 27.6 Å². The van der Waals surface area contributed by atoms with Crippen molar-refractivity contribution in [2.24, 2.45) is 0 Å². The monoisotopic (exact) mass is 412 g/mol. The number of carbonyl (C=O) groups is 1. The topological polar surface area (TPSA) is 63.5 Å². The summed E-state index contributed by atoms with van der Waals surface area (Å²) in [6.07, 6.45) is 1.51. The van der Waals surface area contributed by atoms with E-state index in [0.29, 0.717) is 19.6 Å². The van der Waals surface area contributed by atoms with Gasteiger partial charge in [-0.3, -0.25) is 4.79 Å². The number of nitrogens with zero attached hydrogens (tertiary/aromatic N) is 1. The molecule has 0 saturated heterocycles. The third-order valence-electron chi connectivity index (χ3n) is 6.73. The van der Waals surface area contributed by atoms with Crippen LogP contribution in [0.15, 0.2) is 42.5 Å². The fraction of sp³-hybridized carbons (Fsp3) is 0.269. The fourth-order valence-corrected chi connectivity index (χ4v) is 5.55. The van der Waals surface area contributed by atoms with Crippen LogP contribution in [-0.2, 0) is 30.9 Å². The van der Waals surface area contributed by atoms with Crippen molar-refractivity contribution in [3.63, 3.8) is 0 Å². The van der Waals surface area contributed by atoms with Gasteiger partial charge in [0, 0.05) is 55.1 Å². The highest BCUT2D eigenvalue weighted by Gasteiger charge is 2.35. The van der Waals surface area contributed by atoms with Gasteiger partial charge in [-0.25, -0.2) is 0 Å². The molecule has 31 heavy (non-hydrogen) atoms. The molecule has 1 aromatic heterocycles. The minimum Gasteiger partial charge on any atom is -0.396 e. The third-order valence-corrected chi connectivity index (χ3v) is 6.73. The molecule has 2 N–H and O–H groups in total. The molecule has 5 nitrogen and oxygen atoms in total. The number of ether oxygens (including phenoxy) is 1. The zero-order valence-electron chi connectivity index (χ0n) is 17.5. The molecular weight excluding hydrogens is 388 g/mol. The Hall–Kier alpha value is -3.15. The molecule has 0 unspecified atom stereocenters. The van der Waals surface area contributed by atoms with E-state index < -0.39 is 0 Å². The number of aliphatic hydroxyl groups is 1. The summed E-state index contributed by atoms with van der Waals surface area (Å²) in [5.74, 6) is 0.0224. The number of benzene rings is 3. The van der Waals surface area contributed by atoms with Crippen LogP contribution in [0.3, 0.4) is 0 Å². The third kappa shape index (κ3) is 2.54. The molecule has 0 saturated carbocycles. The van der Waals surface area contributed by atoms with Crippen LogP contribution in [0.5, 0.6) is 0 Å². The number of methoxy groups -OCH3 is 1. The number of aromatic nitrogens is 1. The number of amides is 1. The zero-order valence-corrected chi connectivity index (χ0v) is 17.5. The molecule has 0 radical (unpaired) electrons. The van der Waals surface area contributed by atoms with Crippen molar-refractivity contribution >= 4 is 27.7 Å². The number of aryl methyl sites for hydroxylation is 1. The molecule has 1 aliphatic heterocycles. The molecule has 0 fully saturated rings. The molecule has 156 valence electrons. The summed E-state index contributed by atoms with van der Waals surface area (Å²) < 4.78 is 7.73. The molecule has 1 aliphatic carbocycles. The summed E-state index contributed by atoms with van der Waals surface area (Å²) in [7, 11) is 1.71. The van der Waals surface area contributed by atoms with E-state index in [1.807, 2.05) is 0 Å². The van der Waals surface area contributed by atoms with Crippen LogP contribution in [-0.4, -0.2) is 29.3 Å². The number of nitrogens with one attached hydrogen (secondary N) is 1. The fourth-order valence-electron chi connectivity index (χ4n) is 5.55. The number of carbonyl (C=O) groups excluding carboxylic acids is 1. The summed E-state index contributed by atoms with van der Waals surface area (Å²) in [4.78, 5) is 13.0. The van der Waals surface area contributed by atoms with E-state index in [0.717, 1.165) is 46.1 Å². The lowest BCUT2D eigenvalue weighted by Crippen LogP contribution is -2.13. The van der Waals surface area contributed by atoms with Gasteiger partial charge >= 0.3 is 0 Å². The number of aliphatic hydroxyl groups excluding tert-OH is 1. The van der Waals surface area contributed by atoms with Crippen LogP contribution in [0.4, 0.5) is 0 Å². The van der Waals surface area contributed by atoms with Crippen molar-refractivity contribution in [2.45, 2.75) is 32.5 Å². The van der Waals surface area contributed by atoms with Crippen molar-refractivity contribution in [1.29, 1.82) is 0 Å². The standard InChI is InChI=1S/C26H24N2O3/c1-31-14-15-7-8-21-18(11-15)23-20-13-27-26(30)24(20)22-17-6-3-2-5-16(17)12-19(22)25(23)28(21)9-4-10-29/h2-3,5-8,11,29H,4,9-10,12-14H2,1H3,(H,27,30). The van der Waals surface area contributed by atoms with E-state index in [1.54, 1.807) is 7.11 Å². The molecule has 4 aromatic rings. The maximum absolute atomic E-state index is 13.0. The maximum atomic E-state index is 13.0. The molecule has 5 heteroatoms. The van der Waals surface area contributed by atoms with Crippen LogP contribution >= 0.6 is 0 Å². The Labute approximate surface area is 180 Å². The first kappa shape index (κ1) is 18.6. The predicted molar refractivity (Wildman–Crippen MR) is 121 cm³/mol. The lowest BCUT2D eigenvalue weighted by atomic mass is 9.92. The van der Waals surface area contributed by atoms with Gasteiger partial charge in [0.05, 0.1) is 17.7 Å². The van der Waals surface area contributed by atoms with Gasteiger partial charge in [0.15, 0.2) is 0 Å². The van der Waals surface area contributed by atoms with E-state index in [4.69, 9.17) is 4.74 Å². The smallest absolute Gasteiger partial charge is 0.252 e. The number of rotatable bonds is 5. The lowest BCUT2D eigenvalue weighted by molar-refractivity contribution is 0.0966. The quantitative estimate of drug-likeness (QED) is 0.456. The Morgan fingerprint density at radius 2 is 2.00 bits per heavy atom. The van der Waals surface area contributed by atoms with Crippen molar-refractivity contribution in [2.75, 3.05) is 13.7 Å². The summed E-state index contributed by atoms with van der Waals surface area (Å²) >= 11 is 0. The Kier molecular flexibility index (Phi) is 4.16. The van der Waals surface area contributed by atoms with Crippen molar-refractivity contribution in [3.8, 4) is 11.1 Å². The van der Waals surface area contributed by atoms with Gasteiger partial charge in [0.25, 0.3) is 5.91 Å². The zero-order chi connectivity index (χ0) is 21.1. The summed E-state index contributed by atoms with van der Waals surface area (Å²) in [5, 5.41) is 15.0. The Balaban J connectivity index is 1.78. The van der Waals surface area contributed by atoms with Gasteiger partial charge in [-0.2, -0.15) is 0 Å². The van der Waals surface area contributed by atoms with Crippen LogP contribution in [0.1, 0.15) is 39.0 Å². The number of fused-ring (bicyclic) bond motifs is 10. The van der Waals surface area contributed by atoms with Gasteiger partial charge in [-0.05, 0) is 46.4 Å². The number of hydrogen-bond acceptors (Lipinski definition) is 3. The Morgan fingerprint density at radius 3 is 2.84 bits per heavy atom. The van der Waals surface area contributed by atoms with Crippen molar-refractivity contribution in [1.82, 2.24) is 9.88 Å². The van der Waals surface area contributed by atoms with Crippen LogP contribution in [0.2, 0.25) is 0 Å². The summed E-state index contributed by atoms with van der Waals surface area (Å²) in [6, 6.07) is 14.9. The molecule has 2 aliphatic rings. The molecule has 0 atom stereocenters. The molecule has 2 heterocycles. The molecule has 0 bridgehead atoms. The molecule has 1 amide bonds. The minimum atomic E-state index is 0.0224. The van der Waals surface area contributed by atoms with Crippen LogP contribution in [0.25, 0.3) is 32.9 Å². The van der Waals surface area contributed by atoms with Gasteiger partial charge < -0.3 is 19.7 Å². The second-order valence-corrected chi connectivity index (χ2v) is 8.46. The lowest BCUT2D eigenvalue weighted by Gasteiger charge is -2.13. The van der Waals surface area contributed by atoms with E-state index in [9.17, 15) is 9.90 Å². The Morgan fingerprint density at radius 1 is 1.13 bits per heavy atom. The van der Waals surface area contributed by atoms with Crippen LogP contribution < -0.4 is 5.32 Å². The molecule has 3 aromatic carbocycles.